The van der Waals surface area contributed by atoms with Gasteiger partial charge in [-0.05, 0) is 73.6 Å². The maximum Gasteiger partial charge on any atom is 0.255 e. The summed E-state index contributed by atoms with van der Waals surface area (Å²) < 4.78 is 0. The number of carbonyl (C=O) groups excluding carboxylic acids is 3. The highest BCUT2D eigenvalue weighted by atomic mass is 16.2. The third-order valence-corrected chi connectivity index (χ3v) is 7.35. The molecule has 1 fully saturated rings. The van der Waals surface area contributed by atoms with E-state index in [9.17, 15) is 14.4 Å². The van der Waals surface area contributed by atoms with Gasteiger partial charge in [-0.15, -0.1) is 0 Å². The molecule has 3 rings (SSSR count). The van der Waals surface area contributed by atoms with Gasteiger partial charge in [0.15, 0.2) is 0 Å². The lowest BCUT2D eigenvalue weighted by Gasteiger charge is -2.42. The van der Waals surface area contributed by atoms with Crippen molar-refractivity contribution >= 4 is 34.7 Å². The van der Waals surface area contributed by atoms with E-state index in [1.54, 1.807) is 35.0 Å². The van der Waals surface area contributed by atoms with Gasteiger partial charge in [0, 0.05) is 19.2 Å². The second kappa shape index (κ2) is 13.8. The van der Waals surface area contributed by atoms with Crippen LogP contribution in [0.4, 0.5) is 11.4 Å². The number of benzene rings is 2. The fraction of sp³-hybridized carbons (Fsp3) is 0.406. The van der Waals surface area contributed by atoms with Gasteiger partial charge in [-0.2, -0.15) is 0 Å². The van der Waals surface area contributed by atoms with E-state index in [0.29, 0.717) is 23.5 Å². The van der Waals surface area contributed by atoms with Gasteiger partial charge < -0.3 is 20.9 Å². The van der Waals surface area contributed by atoms with E-state index in [1.165, 1.54) is 0 Å². The topological polar surface area (TPSA) is 95.7 Å². The lowest BCUT2D eigenvalue weighted by atomic mass is 9.87. The number of carbonyl (C=O) groups is 3. The molecule has 0 aliphatic carbocycles. The van der Waals surface area contributed by atoms with Gasteiger partial charge in [-0.25, -0.2) is 0 Å². The first-order valence-electron chi connectivity index (χ1n) is 13.8. The quantitative estimate of drug-likeness (QED) is 0.280. The summed E-state index contributed by atoms with van der Waals surface area (Å²) in [5.74, 6) is -0.152. The number of amides is 3. The Hall–Kier alpha value is -3.87. The van der Waals surface area contributed by atoms with Crippen molar-refractivity contribution in [3.05, 3.63) is 77.4 Å². The molecule has 2 aromatic carbocycles. The summed E-state index contributed by atoms with van der Waals surface area (Å²) in [5.41, 5.74) is 10.5. The van der Waals surface area contributed by atoms with Gasteiger partial charge in [0.1, 0.15) is 12.6 Å². The van der Waals surface area contributed by atoms with Crippen LogP contribution in [0.2, 0.25) is 0 Å². The molecule has 2 aromatic rings. The van der Waals surface area contributed by atoms with Crippen LogP contribution in [0.1, 0.15) is 74.9 Å². The third kappa shape index (κ3) is 7.37. The number of nitrogen functional groups attached to an aromatic ring is 1. The van der Waals surface area contributed by atoms with Gasteiger partial charge >= 0.3 is 0 Å². The van der Waals surface area contributed by atoms with Gasteiger partial charge in [0.2, 0.25) is 11.8 Å². The molecule has 1 unspecified atom stereocenters. The predicted octanol–water partition coefficient (Wildman–Crippen LogP) is 5.89. The smallest absolute Gasteiger partial charge is 0.255 e. The Balaban J connectivity index is 1.72. The highest BCUT2D eigenvalue weighted by Crippen LogP contribution is 2.28. The van der Waals surface area contributed by atoms with E-state index < -0.39 is 6.04 Å². The first-order chi connectivity index (χ1) is 18.7. The van der Waals surface area contributed by atoms with Gasteiger partial charge in [0.25, 0.3) is 5.91 Å². The molecule has 208 valence electrons. The molecule has 1 aliphatic heterocycles. The monoisotopic (exact) mass is 530 g/mol. The largest absolute Gasteiger partial charge is 0.397 e. The highest BCUT2D eigenvalue weighted by molar-refractivity contribution is 6.06. The Morgan fingerprint density at radius 1 is 1.08 bits per heavy atom. The van der Waals surface area contributed by atoms with E-state index >= 15 is 0 Å². The molecule has 0 radical (unpaired) electrons. The number of hydrogen-bond acceptors (Lipinski definition) is 4. The van der Waals surface area contributed by atoms with Gasteiger partial charge in [-0.3, -0.25) is 14.4 Å². The summed E-state index contributed by atoms with van der Waals surface area (Å²) >= 11 is 0. The van der Waals surface area contributed by atoms with E-state index in [2.05, 4.69) is 19.2 Å². The number of hydrogen-bond donors (Lipinski definition) is 2. The second-order valence-electron chi connectivity index (χ2n) is 10.3. The van der Waals surface area contributed by atoms with E-state index in [1.807, 2.05) is 56.3 Å². The Morgan fingerprint density at radius 3 is 2.33 bits per heavy atom. The molecule has 1 saturated heterocycles. The average molecular weight is 531 g/mol. The molecular weight excluding hydrogens is 488 g/mol. The van der Waals surface area contributed by atoms with Crippen LogP contribution in [0.25, 0.3) is 5.57 Å². The van der Waals surface area contributed by atoms with Crippen LogP contribution in [-0.4, -0.2) is 47.2 Å². The number of piperazine rings is 1. The zero-order valence-corrected chi connectivity index (χ0v) is 23.9. The van der Waals surface area contributed by atoms with Crippen LogP contribution in [0.15, 0.2) is 60.7 Å². The zero-order chi connectivity index (χ0) is 28.5. The van der Waals surface area contributed by atoms with Crippen LogP contribution in [0.3, 0.4) is 0 Å². The van der Waals surface area contributed by atoms with Crippen molar-refractivity contribution in [1.29, 1.82) is 0 Å². The molecule has 3 amide bonds. The van der Waals surface area contributed by atoms with Crippen molar-refractivity contribution in [2.75, 3.05) is 24.6 Å². The van der Waals surface area contributed by atoms with Gasteiger partial charge in [-0.1, -0.05) is 63.1 Å². The van der Waals surface area contributed by atoms with Crippen LogP contribution in [-0.2, 0) is 16.1 Å². The predicted molar refractivity (Wildman–Crippen MR) is 159 cm³/mol. The molecule has 39 heavy (non-hydrogen) atoms. The molecule has 0 spiro atoms. The number of anilines is 2. The van der Waals surface area contributed by atoms with Crippen molar-refractivity contribution in [2.45, 2.75) is 66.0 Å². The minimum atomic E-state index is -0.422. The van der Waals surface area contributed by atoms with Crippen LogP contribution >= 0.6 is 0 Å². The standard InChI is InChI=1S/C32H42N4O3/c1-6-9-12-22(4)26-17-18-27(33)28(19-26)34-31(38)25-15-13-23(14-16-25)20-36-21-29(37)35(5)30(32(36)39)24(10-7-2)11-8-3/h6,9,12-19,24,30H,7-8,10-11,20-21,33H2,1-5H3,(H,34,38)/b9-6-,22-12+. The fourth-order valence-electron chi connectivity index (χ4n) is 5.14. The Bertz CT molecular complexity index is 1230. The van der Waals surface area contributed by atoms with Crippen LogP contribution in [0, 0.1) is 5.92 Å². The minimum Gasteiger partial charge on any atom is -0.397 e. The molecule has 7 heteroatoms. The van der Waals surface area contributed by atoms with E-state index in [-0.39, 0.29) is 30.2 Å². The average Bonchev–Trinajstić information content (AvgIpc) is 2.92. The fourth-order valence-corrected chi connectivity index (χ4v) is 5.14. The SMILES string of the molecule is C/C=C\C=C(/C)c1ccc(N)c(NC(=O)c2ccc(CN3CC(=O)N(C)C(C(CCC)CCC)C3=O)cc2)c1. The number of likely N-dealkylation sites (N-methyl/N-ethyl adjacent to an activating group) is 1. The van der Waals surface area contributed by atoms with Crippen LogP contribution < -0.4 is 11.1 Å². The number of nitrogens with zero attached hydrogens (tertiary/aromatic N) is 2. The molecule has 0 bridgehead atoms. The Kier molecular flexibility index (Phi) is 10.5. The first kappa shape index (κ1) is 29.7. The lowest BCUT2D eigenvalue weighted by molar-refractivity contribution is -0.157. The number of nitrogens with two attached hydrogens (primary N) is 1. The maximum atomic E-state index is 13.5. The summed E-state index contributed by atoms with van der Waals surface area (Å²) in [6.07, 6.45) is 9.71. The molecule has 3 N–H and O–H groups in total. The zero-order valence-electron chi connectivity index (χ0n) is 23.9. The Morgan fingerprint density at radius 2 is 1.72 bits per heavy atom. The summed E-state index contributed by atoms with van der Waals surface area (Å²) in [7, 11) is 1.75. The van der Waals surface area contributed by atoms with Crippen molar-refractivity contribution in [3.63, 3.8) is 0 Å². The first-order valence-corrected chi connectivity index (χ1v) is 13.8. The van der Waals surface area contributed by atoms with Crippen molar-refractivity contribution < 1.29 is 14.4 Å². The van der Waals surface area contributed by atoms with Crippen molar-refractivity contribution in [2.24, 2.45) is 5.92 Å². The minimum absolute atomic E-state index is 0.0000491. The Labute approximate surface area is 232 Å². The number of allylic oxidation sites excluding steroid dienone is 4. The van der Waals surface area contributed by atoms with Crippen molar-refractivity contribution in [3.8, 4) is 0 Å². The second-order valence-corrected chi connectivity index (χ2v) is 10.3. The molecule has 1 atom stereocenters. The van der Waals surface area contributed by atoms with E-state index in [0.717, 1.165) is 42.4 Å². The third-order valence-electron chi connectivity index (χ3n) is 7.35. The lowest BCUT2D eigenvalue weighted by Crippen LogP contribution is -2.60. The maximum absolute atomic E-state index is 13.5. The summed E-state index contributed by atoms with van der Waals surface area (Å²) in [4.78, 5) is 42.5. The number of nitrogens with one attached hydrogen (secondary N) is 1. The molecule has 0 saturated carbocycles. The molecular formula is C32H42N4O3. The summed E-state index contributed by atoms with van der Waals surface area (Å²) in [5, 5.41) is 2.91. The molecule has 0 aromatic heterocycles. The van der Waals surface area contributed by atoms with E-state index in [4.69, 9.17) is 5.73 Å². The molecule has 1 aliphatic rings. The molecule has 7 nitrogen and oxygen atoms in total. The normalized spacial score (nSPS) is 16.5. The van der Waals surface area contributed by atoms with Gasteiger partial charge in [0.05, 0.1) is 11.4 Å². The summed E-state index contributed by atoms with van der Waals surface area (Å²) in [6, 6.07) is 12.3. The summed E-state index contributed by atoms with van der Waals surface area (Å²) in [6.45, 7) is 8.58. The van der Waals surface area contributed by atoms with Crippen molar-refractivity contribution in [1.82, 2.24) is 9.80 Å². The molecule has 1 heterocycles. The highest BCUT2D eigenvalue weighted by Gasteiger charge is 2.41. The van der Waals surface area contributed by atoms with Crippen LogP contribution in [0.5, 0.6) is 0 Å². The number of rotatable bonds is 11.